The normalized spacial score (nSPS) is 10.2. The predicted molar refractivity (Wildman–Crippen MR) is 70.7 cm³/mol. The van der Waals surface area contributed by atoms with Crippen LogP contribution < -0.4 is 10.3 Å². The van der Waals surface area contributed by atoms with Crippen molar-refractivity contribution in [2.45, 2.75) is 13.5 Å². The Labute approximate surface area is 110 Å². The van der Waals surface area contributed by atoms with Gasteiger partial charge < -0.3 is 4.74 Å². The number of aldehydes is 1. The number of rotatable bonds is 4. The van der Waals surface area contributed by atoms with Crippen molar-refractivity contribution in [3.63, 3.8) is 0 Å². The summed E-state index contributed by atoms with van der Waals surface area (Å²) < 4.78 is 6.70. The van der Waals surface area contributed by atoms with Crippen LogP contribution in [-0.2, 0) is 6.54 Å². The molecule has 0 N–H and O–H groups in total. The van der Waals surface area contributed by atoms with Crippen molar-refractivity contribution in [2.75, 3.05) is 7.11 Å². The molecule has 0 aliphatic rings. The zero-order chi connectivity index (χ0) is 13.8. The number of nitrogens with zero attached hydrogens (tertiary/aromatic N) is 2. The fourth-order valence-corrected chi connectivity index (χ4v) is 1.81. The molecule has 0 saturated carbocycles. The van der Waals surface area contributed by atoms with E-state index in [-0.39, 0.29) is 5.56 Å². The standard InChI is InChI=1S/C14H14N2O3/c1-10-5-14(18)16(9-15-10)7-12-6-11(8-17)3-4-13(12)19-2/h3-6,8-9H,7H2,1-2H3. The summed E-state index contributed by atoms with van der Waals surface area (Å²) in [7, 11) is 1.55. The number of carbonyl (C=O) groups is 1. The molecule has 0 aliphatic carbocycles. The quantitative estimate of drug-likeness (QED) is 0.778. The molecule has 0 unspecified atom stereocenters. The summed E-state index contributed by atoms with van der Waals surface area (Å²) in [6, 6.07) is 6.56. The lowest BCUT2D eigenvalue weighted by molar-refractivity contribution is 0.112. The summed E-state index contributed by atoms with van der Waals surface area (Å²) in [6.07, 6.45) is 2.25. The Kier molecular flexibility index (Phi) is 3.75. The van der Waals surface area contributed by atoms with Gasteiger partial charge in [-0.1, -0.05) is 0 Å². The van der Waals surface area contributed by atoms with Gasteiger partial charge in [0.05, 0.1) is 20.0 Å². The van der Waals surface area contributed by atoms with E-state index in [0.717, 1.165) is 11.8 Å². The van der Waals surface area contributed by atoms with Gasteiger partial charge in [-0.25, -0.2) is 4.98 Å². The van der Waals surface area contributed by atoms with Gasteiger partial charge >= 0.3 is 0 Å². The fourth-order valence-electron chi connectivity index (χ4n) is 1.81. The maximum Gasteiger partial charge on any atom is 0.253 e. The molecule has 2 aromatic rings. The zero-order valence-electron chi connectivity index (χ0n) is 10.8. The Morgan fingerprint density at radius 1 is 1.37 bits per heavy atom. The molecule has 0 fully saturated rings. The highest BCUT2D eigenvalue weighted by atomic mass is 16.5. The number of aromatic nitrogens is 2. The Balaban J connectivity index is 2.41. The molecular weight excluding hydrogens is 244 g/mol. The molecule has 0 atom stereocenters. The molecule has 5 heteroatoms. The van der Waals surface area contributed by atoms with Crippen LogP contribution in [0.15, 0.2) is 35.4 Å². The highest BCUT2D eigenvalue weighted by Gasteiger charge is 2.06. The first-order valence-electron chi connectivity index (χ1n) is 5.79. The summed E-state index contributed by atoms with van der Waals surface area (Å²) in [5, 5.41) is 0. The van der Waals surface area contributed by atoms with Crippen LogP contribution in [0.1, 0.15) is 21.6 Å². The summed E-state index contributed by atoms with van der Waals surface area (Å²) in [5.41, 5.74) is 1.85. The van der Waals surface area contributed by atoms with Crippen LogP contribution in [0, 0.1) is 6.92 Å². The Hall–Kier alpha value is -2.43. The van der Waals surface area contributed by atoms with Crippen LogP contribution >= 0.6 is 0 Å². The molecule has 5 nitrogen and oxygen atoms in total. The highest BCUT2D eigenvalue weighted by Crippen LogP contribution is 2.19. The van der Waals surface area contributed by atoms with E-state index >= 15 is 0 Å². The SMILES string of the molecule is COc1ccc(C=O)cc1Cn1cnc(C)cc1=O. The summed E-state index contributed by atoms with van der Waals surface area (Å²) in [4.78, 5) is 26.7. The Bertz CT molecular complexity index is 662. The molecule has 2 rings (SSSR count). The second-order valence-electron chi connectivity index (χ2n) is 4.19. The third-order valence-corrected chi connectivity index (χ3v) is 2.80. The monoisotopic (exact) mass is 258 g/mol. The van der Waals surface area contributed by atoms with Crippen LogP contribution in [0.3, 0.4) is 0 Å². The van der Waals surface area contributed by atoms with Gasteiger partial charge in [-0.05, 0) is 25.1 Å². The van der Waals surface area contributed by atoms with Gasteiger partial charge in [0, 0.05) is 22.9 Å². The first kappa shape index (κ1) is 13.0. The second-order valence-corrected chi connectivity index (χ2v) is 4.19. The molecule has 0 radical (unpaired) electrons. The lowest BCUT2D eigenvalue weighted by Crippen LogP contribution is -2.20. The molecule has 19 heavy (non-hydrogen) atoms. The number of ether oxygens (including phenoxy) is 1. The van der Waals surface area contributed by atoms with Gasteiger partial charge in [-0.15, -0.1) is 0 Å². The van der Waals surface area contributed by atoms with Crippen LogP contribution in [0.25, 0.3) is 0 Å². The first-order chi connectivity index (χ1) is 9.13. The Morgan fingerprint density at radius 3 is 2.79 bits per heavy atom. The van der Waals surface area contributed by atoms with E-state index in [1.807, 2.05) is 0 Å². The molecular formula is C14H14N2O3. The Morgan fingerprint density at radius 2 is 2.16 bits per heavy atom. The number of hydrogen-bond donors (Lipinski definition) is 0. The van der Waals surface area contributed by atoms with Gasteiger partial charge in [0.25, 0.3) is 5.56 Å². The van der Waals surface area contributed by atoms with Gasteiger partial charge in [-0.3, -0.25) is 14.2 Å². The number of aryl methyl sites for hydroxylation is 1. The summed E-state index contributed by atoms with van der Waals surface area (Å²) >= 11 is 0. The van der Waals surface area contributed by atoms with E-state index < -0.39 is 0 Å². The van der Waals surface area contributed by atoms with Crippen LogP contribution in [0.2, 0.25) is 0 Å². The van der Waals surface area contributed by atoms with Crippen molar-refractivity contribution >= 4 is 6.29 Å². The predicted octanol–water partition coefficient (Wildman–Crippen LogP) is 1.42. The van der Waals surface area contributed by atoms with E-state index in [9.17, 15) is 9.59 Å². The van der Waals surface area contributed by atoms with Crippen LogP contribution in [0.4, 0.5) is 0 Å². The van der Waals surface area contributed by atoms with Crippen molar-refractivity contribution in [3.8, 4) is 5.75 Å². The molecule has 0 amide bonds. The van der Waals surface area contributed by atoms with Gasteiger partial charge in [0.1, 0.15) is 12.0 Å². The van der Waals surface area contributed by atoms with Gasteiger partial charge in [0.15, 0.2) is 0 Å². The average molecular weight is 258 g/mol. The minimum atomic E-state index is -0.133. The molecule has 1 aromatic heterocycles. The van der Waals surface area contributed by atoms with E-state index in [1.165, 1.54) is 17.0 Å². The summed E-state index contributed by atoms with van der Waals surface area (Å²) in [5.74, 6) is 0.637. The van der Waals surface area contributed by atoms with E-state index in [1.54, 1.807) is 32.2 Å². The third-order valence-electron chi connectivity index (χ3n) is 2.80. The minimum Gasteiger partial charge on any atom is -0.496 e. The van der Waals surface area contributed by atoms with Crippen LogP contribution in [0.5, 0.6) is 5.75 Å². The van der Waals surface area contributed by atoms with Crippen molar-refractivity contribution in [1.82, 2.24) is 9.55 Å². The number of benzene rings is 1. The number of carbonyl (C=O) groups excluding carboxylic acids is 1. The van der Waals surface area contributed by atoms with Crippen molar-refractivity contribution in [3.05, 3.63) is 57.8 Å². The molecule has 0 saturated heterocycles. The van der Waals surface area contributed by atoms with Crippen molar-refractivity contribution in [2.24, 2.45) is 0 Å². The molecule has 1 aromatic carbocycles. The van der Waals surface area contributed by atoms with Crippen molar-refractivity contribution in [1.29, 1.82) is 0 Å². The van der Waals surface area contributed by atoms with E-state index in [0.29, 0.717) is 23.6 Å². The van der Waals surface area contributed by atoms with Crippen LogP contribution in [-0.4, -0.2) is 22.9 Å². The topological polar surface area (TPSA) is 61.2 Å². The molecule has 0 spiro atoms. The maximum atomic E-state index is 11.8. The highest BCUT2D eigenvalue weighted by molar-refractivity contribution is 5.75. The largest absolute Gasteiger partial charge is 0.496 e. The third kappa shape index (κ3) is 2.88. The molecule has 1 heterocycles. The van der Waals surface area contributed by atoms with Gasteiger partial charge in [0.2, 0.25) is 0 Å². The number of methoxy groups -OCH3 is 1. The average Bonchev–Trinajstić information content (AvgIpc) is 2.41. The first-order valence-corrected chi connectivity index (χ1v) is 5.79. The smallest absolute Gasteiger partial charge is 0.253 e. The second kappa shape index (κ2) is 5.48. The van der Waals surface area contributed by atoms with E-state index in [4.69, 9.17) is 4.74 Å². The van der Waals surface area contributed by atoms with E-state index in [2.05, 4.69) is 4.98 Å². The number of hydrogen-bond acceptors (Lipinski definition) is 4. The maximum absolute atomic E-state index is 11.8. The zero-order valence-corrected chi connectivity index (χ0v) is 10.8. The molecule has 0 bridgehead atoms. The fraction of sp³-hybridized carbons (Fsp3) is 0.214. The van der Waals surface area contributed by atoms with Crippen molar-refractivity contribution < 1.29 is 9.53 Å². The minimum absolute atomic E-state index is 0.133. The molecule has 98 valence electrons. The lowest BCUT2D eigenvalue weighted by Gasteiger charge is -2.10. The van der Waals surface area contributed by atoms with Gasteiger partial charge in [-0.2, -0.15) is 0 Å². The summed E-state index contributed by atoms with van der Waals surface area (Å²) in [6.45, 7) is 2.08. The molecule has 0 aliphatic heterocycles. The lowest BCUT2D eigenvalue weighted by atomic mass is 10.1.